The summed E-state index contributed by atoms with van der Waals surface area (Å²) in [5.74, 6) is -1.11. The molecule has 0 radical (unpaired) electrons. The van der Waals surface area contributed by atoms with E-state index in [-0.39, 0.29) is 12.5 Å². The van der Waals surface area contributed by atoms with Gasteiger partial charge >= 0.3 is 5.97 Å². The Balaban J connectivity index is 3.14. The van der Waals surface area contributed by atoms with Crippen LogP contribution in [0.15, 0.2) is 0 Å². The van der Waals surface area contributed by atoms with Crippen LogP contribution in [0.2, 0.25) is 0 Å². The van der Waals surface area contributed by atoms with Crippen LogP contribution in [0.5, 0.6) is 0 Å². The zero-order valence-corrected chi connectivity index (χ0v) is 13.5. The molecule has 0 aliphatic carbocycles. The topological polar surface area (TPSA) is 78.4 Å². The second-order valence-corrected chi connectivity index (χ2v) is 5.58. The van der Waals surface area contributed by atoms with Gasteiger partial charge in [-0.3, -0.25) is 15.0 Å². The average Bonchev–Trinajstić information content (AvgIpc) is 2.44. The molecule has 0 fully saturated rings. The summed E-state index contributed by atoms with van der Waals surface area (Å²) < 4.78 is 0. The molecule has 5 heteroatoms. The van der Waals surface area contributed by atoms with Gasteiger partial charge in [0, 0.05) is 6.42 Å². The van der Waals surface area contributed by atoms with E-state index in [2.05, 4.69) is 17.8 Å². The molecule has 5 nitrogen and oxygen atoms in total. The number of aliphatic carboxylic acids is 1. The normalized spacial score (nSPS) is 10.5. The minimum Gasteiger partial charge on any atom is -0.480 e. The van der Waals surface area contributed by atoms with Crippen LogP contribution in [0.4, 0.5) is 0 Å². The molecule has 0 rings (SSSR count). The molecule has 3 N–H and O–H groups in total. The van der Waals surface area contributed by atoms with E-state index in [0.717, 1.165) is 12.8 Å². The summed E-state index contributed by atoms with van der Waals surface area (Å²) in [6.07, 6.45) is 14.3. The fourth-order valence-electron chi connectivity index (χ4n) is 2.23. The van der Waals surface area contributed by atoms with Crippen molar-refractivity contribution in [3.8, 4) is 0 Å². The lowest BCUT2D eigenvalue weighted by Gasteiger charge is -2.05. The predicted octanol–water partition coefficient (Wildman–Crippen LogP) is 3.39. The first kappa shape index (κ1) is 19.9. The van der Waals surface area contributed by atoms with E-state index >= 15 is 0 Å². The lowest BCUT2D eigenvalue weighted by atomic mass is 10.1. The zero-order chi connectivity index (χ0) is 15.8. The summed E-state index contributed by atoms with van der Waals surface area (Å²) in [5.41, 5.74) is 4.75. The highest BCUT2D eigenvalue weighted by atomic mass is 16.4. The van der Waals surface area contributed by atoms with Gasteiger partial charge in [-0.25, -0.2) is 5.43 Å². The maximum absolute atomic E-state index is 11.3. The molecule has 0 bridgehead atoms. The van der Waals surface area contributed by atoms with E-state index in [1.165, 1.54) is 57.8 Å². The fourth-order valence-corrected chi connectivity index (χ4v) is 2.23. The molecule has 0 saturated carbocycles. The number of nitrogens with one attached hydrogen (secondary N) is 2. The number of carbonyl (C=O) groups excluding carboxylic acids is 1. The van der Waals surface area contributed by atoms with Crippen LogP contribution >= 0.6 is 0 Å². The van der Waals surface area contributed by atoms with Gasteiger partial charge in [-0.2, -0.15) is 0 Å². The number of hydrazine groups is 1. The highest BCUT2D eigenvalue weighted by Crippen LogP contribution is 2.11. The van der Waals surface area contributed by atoms with Crippen LogP contribution in [0, 0.1) is 0 Å². The van der Waals surface area contributed by atoms with Gasteiger partial charge in [0.05, 0.1) is 0 Å². The number of hydrogen-bond acceptors (Lipinski definition) is 3. The van der Waals surface area contributed by atoms with Crippen LogP contribution in [-0.4, -0.2) is 23.5 Å². The van der Waals surface area contributed by atoms with Crippen molar-refractivity contribution in [2.75, 3.05) is 6.54 Å². The first-order chi connectivity index (χ1) is 10.2. The Morgan fingerprint density at radius 3 is 1.76 bits per heavy atom. The fraction of sp³-hybridized carbons (Fsp3) is 0.875. The molecule has 0 saturated heterocycles. The molecular weight excluding hydrogens is 268 g/mol. The van der Waals surface area contributed by atoms with Crippen molar-refractivity contribution in [3.63, 3.8) is 0 Å². The molecular formula is C16H32N2O3. The average molecular weight is 300 g/mol. The van der Waals surface area contributed by atoms with Crippen LogP contribution in [-0.2, 0) is 9.59 Å². The minimum atomic E-state index is -0.981. The van der Waals surface area contributed by atoms with Gasteiger partial charge in [0.1, 0.15) is 6.54 Å². The van der Waals surface area contributed by atoms with E-state index < -0.39 is 5.97 Å². The van der Waals surface area contributed by atoms with E-state index in [4.69, 9.17) is 5.11 Å². The molecule has 124 valence electrons. The van der Waals surface area contributed by atoms with Crippen LogP contribution in [0.25, 0.3) is 0 Å². The monoisotopic (exact) mass is 300 g/mol. The summed E-state index contributed by atoms with van der Waals surface area (Å²) in [7, 11) is 0. The summed E-state index contributed by atoms with van der Waals surface area (Å²) in [5, 5.41) is 8.39. The number of hydrogen-bond donors (Lipinski definition) is 3. The third-order valence-corrected chi connectivity index (χ3v) is 3.47. The molecule has 0 spiro atoms. The highest BCUT2D eigenvalue weighted by molar-refractivity contribution is 5.76. The molecule has 0 atom stereocenters. The zero-order valence-electron chi connectivity index (χ0n) is 13.5. The third kappa shape index (κ3) is 16.8. The SMILES string of the molecule is CCCCCCCCCCCCCC(=O)NNCC(=O)O. The van der Waals surface area contributed by atoms with Crippen molar-refractivity contribution in [1.29, 1.82) is 0 Å². The van der Waals surface area contributed by atoms with Crippen molar-refractivity contribution >= 4 is 11.9 Å². The molecule has 0 aromatic carbocycles. The molecule has 0 aliphatic rings. The Morgan fingerprint density at radius 1 is 0.810 bits per heavy atom. The van der Waals surface area contributed by atoms with E-state index in [1.807, 2.05) is 0 Å². The van der Waals surface area contributed by atoms with Gasteiger partial charge in [-0.15, -0.1) is 0 Å². The Hall–Kier alpha value is -1.10. The first-order valence-electron chi connectivity index (χ1n) is 8.40. The molecule has 0 aromatic heterocycles. The second kappa shape index (κ2) is 15.3. The molecule has 0 heterocycles. The highest BCUT2D eigenvalue weighted by Gasteiger charge is 2.01. The second-order valence-electron chi connectivity index (χ2n) is 5.58. The molecule has 0 unspecified atom stereocenters. The Labute approximate surface area is 128 Å². The molecule has 1 amide bonds. The van der Waals surface area contributed by atoms with E-state index in [1.54, 1.807) is 0 Å². The Bertz CT molecular complexity index is 270. The van der Waals surface area contributed by atoms with Crippen LogP contribution in [0.3, 0.4) is 0 Å². The van der Waals surface area contributed by atoms with Gasteiger partial charge < -0.3 is 5.11 Å². The van der Waals surface area contributed by atoms with Crippen LogP contribution in [0.1, 0.15) is 84.0 Å². The largest absolute Gasteiger partial charge is 0.480 e. The molecule has 21 heavy (non-hydrogen) atoms. The smallest absolute Gasteiger partial charge is 0.319 e. The van der Waals surface area contributed by atoms with Gasteiger partial charge in [-0.05, 0) is 6.42 Å². The van der Waals surface area contributed by atoms with Crippen molar-refractivity contribution in [2.45, 2.75) is 84.0 Å². The van der Waals surface area contributed by atoms with Gasteiger partial charge in [-0.1, -0.05) is 71.1 Å². The summed E-state index contributed by atoms with van der Waals surface area (Å²) in [4.78, 5) is 21.5. The van der Waals surface area contributed by atoms with E-state index in [9.17, 15) is 9.59 Å². The number of rotatable bonds is 15. The first-order valence-corrected chi connectivity index (χ1v) is 8.40. The van der Waals surface area contributed by atoms with Crippen molar-refractivity contribution in [2.24, 2.45) is 0 Å². The quantitative estimate of drug-likeness (QED) is 0.320. The number of carbonyl (C=O) groups is 2. The van der Waals surface area contributed by atoms with Gasteiger partial charge in [0.15, 0.2) is 0 Å². The number of carboxylic acids is 1. The summed E-state index contributed by atoms with van der Waals surface area (Å²) >= 11 is 0. The lowest BCUT2D eigenvalue weighted by Crippen LogP contribution is -2.40. The number of unbranched alkanes of at least 4 members (excludes halogenated alkanes) is 10. The van der Waals surface area contributed by atoms with Gasteiger partial charge in [0.25, 0.3) is 0 Å². The summed E-state index contributed by atoms with van der Waals surface area (Å²) in [6.45, 7) is 1.99. The predicted molar refractivity (Wildman–Crippen MR) is 84.9 cm³/mol. The standard InChI is InChI=1S/C16H32N2O3/c1-2-3-4-5-6-7-8-9-10-11-12-13-15(19)18-17-14-16(20)21/h17H,2-14H2,1H3,(H,18,19)(H,20,21). The Kier molecular flexibility index (Phi) is 14.5. The minimum absolute atomic E-state index is 0.132. The van der Waals surface area contributed by atoms with Gasteiger partial charge in [0.2, 0.25) is 5.91 Å². The van der Waals surface area contributed by atoms with Crippen molar-refractivity contribution < 1.29 is 14.7 Å². The van der Waals surface area contributed by atoms with Crippen LogP contribution < -0.4 is 10.9 Å². The maximum Gasteiger partial charge on any atom is 0.319 e. The number of carboxylic acid groups (broad SMARTS) is 1. The summed E-state index contributed by atoms with van der Waals surface area (Å²) in [6, 6.07) is 0. The van der Waals surface area contributed by atoms with Crippen molar-refractivity contribution in [3.05, 3.63) is 0 Å². The van der Waals surface area contributed by atoms with Crippen molar-refractivity contribution in [1.82, 2.24) is 10.9 Å². The number of amides is 1. The molecule has 0 aromatic rings. The van der Waals surface area contributed by atoms with E-state index in [0.29, 0.717) is 6.42 Å². The Morgan fingerprint density at radius 2 is 1.29 bits per heavy atom. The lowest BCUT2D eigenvalue weighted by molar-refractivity contribution is -0.136. The third-order valence-electron chi connectivity index (χ3n) is 3.47. The molecule has 0 aliphatic heterocycles. The maximum atomic E-state index is 11.3.